The van der Waals surface area contributed by atoms with Crippen molar-refractivity contribution in [2.45, 2.75) is 12.7 Å². The Morgan fingerprint density at radius 1 is 1.00 bits per heavy atom. The highest BCUT2D eigenvalue weighted by Crippen LogP contribution is 2.21. The summed E-state index contributed by atoms with van der Waals surface area (Å²) >= 11 is 7.66. The number of amides is 2. The summed E-state index contributed by atoms with van der Waals surface area (Å²) in [6, 6.07) is 7.66. The van der Waals surface area contributed by atoms with Gasteiger partial charge in [-0.1, -0.05) is 52.7 Å². The smallest absolute Gasteiger partial charge is 0.409 e. The van der Waals surface area contributed by atoms with Crippen LogP contribution in [0, 0.1) is 0 Å². The lowest BCUT2D eigenvalue weighted by Crippen LogP contribution is -2.51. The maximum Gasteiger partial charge on any atom is 0.409 e. The predicted octanol–water partition coefficient (Wildman–Crippen LogP) is 5.25. The highest BCUT2D eigenvalue weighted by Gasteiger charge is 2.24. The molecule has 1 saturated heterocycles. The van der Waals surface area contributed by atoms with Crippen LogP contribution in [0.5, 0.6) is 0 Å². The third kappa shape index (κ3) is 12.6. The molecule has 0 bridgehead atoms. The summed E-state index contributed by atoms with van der Waals surface area (Å²) < 4.78 is 4.97. The lowest BCUT2D eigenvalue weighted by atomic mass is 10.2. The summed E-state index contributed by atoms with van der Waals surface area (Å²) in [7, 11) is 0. The number of rotatable bonds is 5. The maximum atomic E-state index is 12.2. The monoisotopic (exact) mass is 472 g/mol. The summed E-state index contributed by atoms with van der Waals surface area (Å²) in [4.78, 5) is 27.3. The Morgan fingerprint density at radius 2 is 1.56 bits per heavy atom. The molecule has 2 amide bonds. The lowest BCUT2D eigenvalue weighted by Gasteiger charge is -2.34. The van der Waals surface area contributed by atoms with Crippen molar-refractivity contribution in [1.29, 1.82) is 0 Å². The molecule has 0 N–H and O–H groups in total. The van der Waals surface area contributed by atoms with Gasteiger partial charge in [0, 0.05) is 37.0 Å². The van der Waals surface area contributed by atoms with E-state index < -0.39 is 0 Å². The van der Waals surface area contributed by atoms with Crippen LogP contribution >= 0.6 is 23.4 Å². The highest BCUT2D eigenvalue weighted by atomic mass is 35.5. The number of thioether (sulfide) groups is 1. The van der Waals surface area contributed by atoms with Crippen LogP contribution in [-0.4, -0.2) is 60.3 Å². The predicted molar refractivity (Wildman–Crippen MR) is 133 cm³/mol. The van der Waals surface area contributed by atoms with Crippen molar-refractivity contribution in [2.24, 2.45) is 0 Å². The molecule has 0 aromatic heterocycles. The maximum absolute atomic E-state index is 12.2. The van der Waals surface area contributed by atoms with E-state index in [0.29, 0.717) is 44.3 Å². The van der Waals surface area contributed by atoms with E-state index in [4.69, 9.17) is 16.3 Å². The van der Waals surface area contributed by atoms with Gasteiger partial charge in [-0.2, -0.15) is 0 Å². The largest absolute Gasteiger partial charge is 0.450 e. The molecule has 1 heterocycles. The van der Waals surface area contributed by atoms with Crippen LogP contribution in [0.15, 0.2) is 79.2 Å². The number of carbonyl (C=O) groups excluding carboxylic acids is 2. The zero-order valence-electron chi connectivity index (χ0n) is 18.5. The number of ether oxygens (including phenoxy) is 1. The first-order chi connectivity index (χ1) is 15.4. The van der Waals surface area contributed by atoms with Gasteiger partial charge < -0.3 is 14.5 Å². The Balaban J connectivity index is 0.000000906. The molecule has 0 atom stereocenters. The van der Waals surface area contributed by atoms with Crippen molar-refractivity contribution >= 4 is 35.4 Å². The van der Waals surface area contributed by atoms with E-state index in [1.54, 1.807) is 28.5 Å². The van der Waals surface area contributed by atoms with Crippen molar-refractivity contribution in [2.75, 3.05) is 38.5 Å². The van der Waals surface area contributed by atoms with Crippen molar-refractivity contribution < 1.29 is 14.3 Å². The van der Waals surface area contributed by atoms with Crippen molar-refractivity contribution in [3.05, 3.63) is 89.8 Å². The summed E-state index contributed by atoms with van der Waals surface area (Å²) in [5.74, 6) is 1.24. The van der Waals surface area contributed by atoms with Gasteiger partial charge in [-0.05, 0) is 50.6 Å². The minimum Gasteiger partial charge on any atom is -0.450 e. The molecular formula is C25H29ClN2O3S. The van der Waals surface area contributed by atoms with Gasteiger partial charge >= 0.3 is 6.09 Å². The van der Waals surface area contributed by atoms with E-state index in [9.17, 15) is 9.59 Å². The zero-order valence-corrected chi connectivity index (χ0v) is 20.1. The fourth-order valence-electron chi connectivity index (χ4n) is 2.37. The first-order valence-electron chi connectivity index (χ1n) is 9.79. The Hall–Kier alpha value is -3.02. The normalized spacial score (nSPS) is 11.4. The van der Waals surface area contributed by atoms with Crippen molar-refractivity contribution in [1.82, 2.24) is 9.80 Å². The molecule has 32 heavy (non-hydrogen) atoms. The first kappa shape index (κ1) is 29.0. The molecular weight excluding hydrogens is 444 g/mol. The number of carbonyl (C=O) groups is 2. The second-order valence-corrected chi connectivity index (χ2v) is 7.38. The third-order valence-corrected chi connectivity index (χ3v) is 5.24. The van der Waals surface area contributed by atoms with Gasteiger partial charge in [0.05, 0.1) is 12.4 Å². The average molecular weight is 473 g/mol. The molecule has 1 aromatic rings. The van der Waals surface area contributed by atoms with E-state index in [-0.39, 0.29) is 12.0 Å². The molecule has 0 unspecified atom stereocenters. The van der Waals surface area contributed by atoms with E-state index >= 15 is 0 Å². The Labute approximate surface area is 200 Å². The van der Waals surface area contributed by atoms with Crippen LogP contribution < -0.4 is 0 Å². The Morgan fingerprint density at radius 3 is 2.03 bits per heavy atom. The van der Waals surface area contributed by atoms with E-state index in [1.165, 1.54) is 0 Å². The topological polar surface area (TPSA) is 49.9 Å². The lowest BCUT2D eigenvalue weighted by molar-refractivity contribution is -0.129. The molecule has 1 aromatic carbocycles. The summed E-state index contributed by atoms with van der Waals surface area (Å²) in [6.07, 6.45) is -0.298. The van der Waals surface area contributed by atoms with Crippen LogP contribution in [0.25, 0.3) is 0 Å². The first-order valence-corrected chi connectivity index (χ1v) is 11.3. The molecule has 0 aliphatic carbocycles. The number of nitrogens with zero attached hydrogens (tertiary/aromatic N) is 2. The van der Waals surface area contributed by atoms with Gasteiger partial charge in [0.1, 0.15) is 0 Å². The van der Waals surface area contributed by atoms with Crippen LogP contribution in [0.1, 0.15) is 12.5 Å². The quantitative estimate of drug-likeness (QED) is 0.549. The molecule has 0 radical (unpaired) electrons. The fourth-order valence-corrected chi connectivity index (χ4v) is 3.58. The molecule has 0 saturated carbocycles. The minimum absolute atomic E-state index is 0.102. The SMILES string of the molecule is C=C=C=C.C=C=C=C=C.CCOC(=O)N1CCN(C(=O)CSCc2ccccc2Cl)CC1. The summed E-state index contributed by atoms with van der Waals surface area (Å²) in [5, 5.41) is 0.732. The molecule has 5 nitrogen and oxygen atoms in total. The minimum atomic E-state index is -0.298. The van der Waals surface area contributed by atoms with E-state index in [1.807, 2.05) is 24.3 Å². The van der Waals surface area contributed by atoms with Gasteiger partial charge in [0.25, 0.3) is 0 Å². The second-order valence-electron chi connectivity index (χ2n) is 5.98. The molecule has 170 valence electrons. The number of piperazine rings is 1. The second kappa shape index (κ2) is 18.7. The molecule has 7 heteroatoms. The number of hydrogen-bond donors (Lipinski definition) is 0. The zero-order chi connectivity index (χ0) is 24.2. The number of halogens is 1. The number of benzene rings is 1. The highest BCUT2D eigenvalue weighted by molar-refractivity contribution is 7.99. The van der Waals surface area contributed by atoms with Gasteiger partial charge in [0.2, 0.25) is 5.91 Å². The third-order valence-electron chi connectivity index (χ3n) is 3.90. The van der Waals surface area contributed by atoms with Gasteiger partial charge in [-0.3, -0.25) is 4.79 Å². The molecule has 1 aliphatic heterocycles. The van der Waals surface area contributed by atoms with Crippen molar-refractivity contribution in [3.8, 4) is 0 Å². The summed E-state index contributed by atoms with van der Waals surface area (Å²) in [6.45, 7) is 17.1. The molecule has 2 rings (SSSR count). The van der Waals surface area contributed by atoms with Crippen LogP contribution in [0.4, 0.5) is 4.79 Å². The van der Waals surface area contributed by atoms with Crippen molar-refractivity contribution in [3.63, 3.8) is 0 Å². The van der Waals surface area contributed by atoms with Gasteiger partial charge in [0.15, 0.2) is 0 Å². The average Bonchev–Trinajstić information content (AvgIpc) is 2.81. The summed E-state index contributed by atoms with van der Waals surface area (Å²) in [5.41, 5.74) is 12.8. The van der Waals surface area contributed by atoms with Crippen LogP contribution in [-0.2, 0) is 15.3 Å². The number of hydrogen-bond acceptors (Lipinski definition) is 4. The van der Waals surface area contributed by atoms with Crippen LogP contribution in [0.2, 0.25) is 5.02 Å². The Bertz CT molecular complexity index is 889. The standard InChI is InChI=1S/C16H21ClN2O3S.C5H4.C4H4/c1-2-22-16(21)19-9-7-18(8-10-19)15(20)12-23-11-13-5-3-4-6-14(13)17;1-3-5-4-2;1-3-4-2/h3-6H,2,7-12H2,1H3;1-2H2;1-2H2. The van der Waals surface area contributed by atoms with E-state index in [2.05, 4.69) is 55.0 Å². The molecule has 0 spiro atoms. The van der Waals surface area contributed by atoms with Crippen LogP contribution in [0.3, 0.4) is 0 Å². The Kier molecular flexibility index (Phi) is 17.0. The van der Waals surface area contributed by atoms with E-state index in [0.717, 1.165) is 10.6 Å². The molecule has 1 aliphatic rings. The molecule has 1 fully saturated rings. The fraction of sp³-hybridized carbons (Fsp3) is 0.320. The van der Waals surface area contributed by atoms with Gasteiger partial charge in [-0.25, -0.2) is 4.79 Å². The van der Waals surface area contributed by atoms with Gasteiger partial charge in [-0.15, -0.1) is 11.8 Å².